The molecule has 0 fully saturated rings. The van der Waals surface area contributed by atoms with Gasteiger partial charge in [-0.1, -0.05) is 6.07 Å². The number of non-ortho nitro benzene ring substituents is 1. The van der Waals surface area contributed by atoms with Crippen LogP contribution in [0.1, 0.15) is 18.5 Å². The Morgan fingerprint density at radius 3 is 2.42 bits per heavy atom. The highest BCUT2D eigenvalue weighted by Gasteiger charge is 2.11. The highest BCUT2D eigenvalue weighted by Crippen LogP contribution is 2.17. The summed E-state index contributed by atoms with van der Waals surface area (Å²) < 4.78 is 26.1. The van der Waals surface area contributed by atoms with Gasteiger partial charge in [0.05, 0.1) is 11.5 Å². The van der Waals surface area contributed by atoms with E-state index in [-0.39, 0.29) is 24.2 Å². The van der Waals surface area contributed by atoms with Crippen molar-refractivity contribution in [2.45, 2.75) is 13.0 Å². The molecule has 0 aliphatic rings. The van der Waals surface area contributed by atoms with Crippen molar-refractivity contribution in [2.24, 2.45) is 0 Å². The Bertz CT molecular complexity index is 751. The summed E-state index contributed by atoms with van der Waals surface area (Å²) in [7, 11) is 0. The Labute approximate surface area is 136 Å². The van der Waals surface area contributed by atoms with Crippen LogP contribution in [0.5, 0.6) is 0 Å². The maximum absolute atomic E-state index is 13.2. The van der Waals surface area contributed by atoms with Gasteiger partial charge in [-0.2, -0.15) is 0 Å². The lowest BCUT2D eigenvalue weighted by Crippen LogP contribution is -2.30. The summed E-state index contributed by atoms with van der Waals surface area (Å²) >= 11 is 0. The number of nitro groups is 1. The maximum Gasteiger partial charge on any atom is 0.269 e. The van der Waals surface area contributed by atoms with Gasteiger partial charge in [0.15, 0.2) is 11.6 Å². The number of hydrogen-bond donors (Lipinski definition) is 2. The molecule has 2 N–H and O–H groups in total. The normalized spacial score (nSPS) is 11.8. The number of benzene rings is 2. The summed E-state index contributed by atoms with van der Waals surface area (Å²) in [6.45, 7) is 1.66. The number of anilines is 1. The molecule has 0 aromatic heterocycles. The third-order valence-electron chi connectivity index (χ3n) is 3.37. The van der Waals surface area contributed by atoms with E-state index in [9.17, 15) is 23.7 Å². The molecule has 2 aromatic carbocycles. The Hall–Kier alpha value is -2.87. The molecule has 8 heteroatoms. The van der Waals surface area contributed by atoms with Crippen LogP contribution in [-0.2, 0) is 4.79 Å². The van der Waals surface area contributed by atoms with Crippen LogP contribution >= 0.6 is 0 Å². The van der Waals surface area contributed by atoms with E-state index in [0.717, 1.165) is 12.1 Å². The van der Waals surface area contributed by atoms with Gasteiger partial charge in [-0.25, -0.2) is 8.78 Å². The standard InChI is InChI=1S/C16H15F2N3O3/c1-10(11-2-7-14(17)15(18)8-11)19-9-16(22)20-12-3-5-13(6-4-12)21(23)24/h2-8,10,19H,9H2,1H3,(H,20,22)/t10-/m1/s1. The third kappa shape index (κ3) is 4.56. The van der Waals surface area contributed by atoms with Gasteiger partial charge in [-0.3, -0.25) is 14.9 Å². The zero-order valence-corrected chi connectivity index (χ0v) is 12.8. The molecule has 1 atom stereocenters. The quantitative estimate of drug-likeness (QED) is 0.627. The molecule has 1 amide bonds. The first kappa shape index (κ1) is 17.5. The van der Waals surface area contributed by atoms with Gasteiger partial charge in [-0.05, 0) is 36.8 Å². The summed E-state index contributed by atoms with van der Waals surface area (Å²) in [5.41, 5.74) is 0.864. The second-order valence-electron chi connectivity index (χ2n) is 5.13. The number of carbonyl (C=O) groups excluding carboxylic acids is 1. The zero-order valence-electron chi connectivity index (χ0n) is 12.8. The summed E-state index contributed by atoms with van der Waals surface area (Å²) in [5.74, 6) is -2.24. The van der Waals surface area contributed by atoms with Crippen molar-refractivity contribution in [2.75, 3.05) is 11.9 Å². The van der Waals surface area contributed by atoms with Crippen molar-refractivity contribution in [3.05, 3.63) is 69.8 Å². The zero-order chi connectivity index (χ0) is 17.7. The molecule has 0 saturated heterocycles. The van der Waals surface area contributed by atoms with E-state index in [0.29, 0.717) is 11.3 Å². The average Bonchev–Trinajstić information content (AvgIpc) is 2.55. The molecule has 0 spiro atoms. The topological polar surface area (TPSA) is 84.3 Å². The second-order valence-corrected chi connectivity index (χ2v) is 5.13. The molecule has 24 heavy (non-hydrogen) atoms. The fraction of sp³-hybridized carbons (Fsp3) is 0.188. The van der Waals surface area contributed by atoms with Crippen LogP contribution in [0.3, 0.4) is 0 Å². The van der Waals surface area contributed by atoms with Crippen LogP contribution in [-0.4, -0.2) is 17.4 Å². The Kier molecular flexibility index (Phi) is 5.54. The molecule has 0 aliphatic heterocycles. The first-order valence-electron chi connectivity index (χ1n) is 7.09. The lowest BCUT2D eigenvalue weighted by atomic mass is 10.1. The van der Waals surface area contributed by atoms with Gasteiger partial charge < -0.3 is 10.6 Å². The van der Waals surface area contributed by atoms with Gasteiger partial charge in [0.25, 0.3) is 5.69 Å². The van der Waals surface area contributed by atoms with Crippen LogP contribution in [0.4, 0.5) is 20.2 Å². The SMILES string of the molecule is C[C@@H](NCC(=O)Nc1ccc([N+](=O)[O-])cc1)c1ccc(F)c(F)c1. The van der Waals surface area contributed by atoms with Crippen molar-refractivity contribution in [3.8, 4) is 0 Å². The van der Waals surface area contributed by atoms with E-state index in [1.807, 2.05) is 0 Å². The highest BCUT2D eigenvalue weighted by atomic mass is 19.2. The number of rotatable bonds is 6. The highest BCUT2D eigenvalue weighted by molar-refractivity contribution is 5.92. The molecule has 2 aromatic rings. The largest absolute Gasteiger partial charge is 0.325 e. The van der Waals surface area contributed by atoms with Crippen molar-refractivity contribution in [1.82, 2.24) is 5.32 Å². The number of nitrogens with one attached hydrogen (secondary N) is 2. The number of nitro benzene ring substituents is 1. The molecule has 0 bridgehead atoms. The van der Waals surface area contributed by atoms with Gasteiger partial charge in [0.1, 0.15) is 0 Å². The maximum atomic E-state index is 13.2. The van der Waals surface area contributed by atoms with E-state index < -0.39 is 16.6 Å². The molecule has 2 rings (SSSR count). The molecular weight excluding hydrogens is 320 g/mol. The van der Waals surface area contributed by atoms with Gasteiger partial charge >= 0.3 is 0 Å². The summed E-state index contributed by atoms with van der Waals surface area (Å²) in [5, 5.41) is 16.0. The fourth-order valence-corrected chi connectivity index (χ4v) is 2.02. The first-order chi connectivity index (χ1) is 11.4. The first-order valence-corrected chi connectivity index (χ1v) is 7.09. The molecule has 0 heterocycles. The molecule has 126 valence electrons. The number of halogens is 2. The summed E-state index contributed by atoms with van der Waals surface area (Å²) in [6.07, 6.45) is 0. The summed E-state index contributed by atoms with van der Waals surface area (Å²) in [6, 6.07) is 8.59. The number of carbonyl (C=O) groups is 1. The Morgan fingerprint density at radius 1 is 1.17 bits per heavy atom. The molecule has 0 aliphatic carbocycles. The molecule has 0 saturated carbocycles. The van der Waals surface area contributed by atoms with Crippen LogP contribution in [0, 0.1) is 21.7 Å². The minimum absolute atomic E-state index is 0.0584. The summed E-state index contributed by atoms with van der Waals surface area (Å²) in [4.78, 5) is 21.9. The minimum atomic E-state index is -0.948. The van der Waals surface area contributed by atoms with Gasteiger partial charge in [-0.15, -0.1) is 0 Å². The van der Waals surface area contributed by atoms with E-state index >= 15 is 0 Å². The van der Waals surface area contributed by atoms with E-state index in [1.54, 1.807) is 6.92 Å². The Balaban J connectivity index is 1.88. The Morgan fingerprint density at radius 2 is 1.83 bits per heavy atom. The smallest absolute Gasteiger partial charge is 0.269 e. The minimum Gasteiger partial charge on any atom is -0.325 e. The monoisotopic (exact) mass is 335 g/mol. The van der Waals surface area contributed by atoms with Crippen LogP contribution < -0.4 is 10.6 Å². The molecular formula is C16H15F2N3O3. The number of amides is 1. The predicted molar refractivity (Wildman–Crippen MR) is 84.5 cm³/mol. The fourth-order valence-electron chi connectivity index (χ4n) is 2.02. The van der Waals surface area contributed by atoms with E-state index in [2.05, 4.69) is 10.6 Å². The van der Waals surface area contributed by atoms with Crippen LogP contribution in [0.2, 0.25) is 0 Å². The molecule has 0 unspecified atom stereocenters. The van der Waals surface area contributed by atoms with Crippen molar-refractivity contribution in [3.63, 3.8) is 0 Å². The third-order valence-corrected chi connectivity index (χ3v) is 3.37. The number of hydrogen-bond acceptors (Lipinski definition) is 4. The van der Waals surface area contributed by atoms with E-state index in [4.69, 9.17) is 0 Å². The van der Waals surface area contributed by atoms with Gasteiger partial charge in [0.2, 0.25) is 5.91 Å². The average molecular weight is 335 g/mol. The predicted octanol–water partition coefficient (Wildman–Crippen LogP) is 3.16. The van der Waals surface area contributed by atoms with Crippen molar-refractivity contribution >= 4 is 17.3 Å². The lowest BCUT2D eigenvalue weighted by Gasteiger charge is -2.14. The number of nitrogens with zero attached hydrogens (tertiary/aromatic N) is 1. The van der Waals surface area contributed by atoms with Crippen LogP contribution in [0.15, 0.2) is 42.5 Å². The second kappa shape index (κ2) is 7.60. The van der Waals surface area contributed by atoms with Crippen molar-refractivity contribution in [1.29, 1.82) is 0 Å². The van der Waals surface area contributed by atoms with Crippen molar-refractivity contribution < 1.29 is 18.5 Å². The molecule has 0 radical (unpaired) electrons. The van der Waals surface area contributed by atoms with E-state index in [1.165, 1.54) is 30.3 Å². The van der Waals surface area contributed by atoms with Gasteiger partial charge in [0, 0.05) is 23.9 Å². The lowest BCUT2D eigenvalue weighted by molar-refractivity contribution is -0.384. The van der Waals surface area contributed by atoms with Crippen LogP contribution in [0.25, 0.3) is 0 Å². The molecule has 6 nitrogen and oxygen atoms in total.